The Morgan fingerprint density at radius 2 is 1.79 bits per heavy atom. The standard InChI is InChI=1S/C22H30N6O/c1-16-6-3-4-7-18(16)14-26-22(24-2)27-15-19-8-5-11-25-21(19)28-12-9-17(10-13-28)20(23)29/h3-8,11,17H,9-10,12-15H2,1-2H3,(H2,23,29)(H2,24,26,27). The van der Waals surface area contributed by atoms with Gasteiger partial charge in [0.05, 0.1) is 0 Å². The zero-order chi connectivity index (χ0) is 20.6. The highest BCUT2D eigenvalue weighted by atomic mass is 16.1. The molecule has 0 bridgehead atoms. The maximum absolute atomic E-state index is 11.4. The van der Waals surface area contributed by atoms with E-state index in [0.717, 1.165) is 43.3 Å². The second kappa shape index (κ2) is 9.91. The molecule has 2 heterocycles. The van der Waals surface area contributed by atoms with E-state index in [9.17, 15) is 4.79 Å². The number of aryl methyl sites for hydroxylation is 1. The predicted molar refractivity (Wildman–Crippen MR) is 117 cm³/mol. The number of pyridine rings is 1. The molecule has 1 fully saturated rings. The lowest BCUT2D eigenvalue weighted by molar-refractivity contribution is -0.122. The summed E-state index contributed by atoms with van der Waals surface area (Å²) in [4.78, 5) is 22.6. The number of rotatable bonds is 6. The number of nitrogens with zero attached hydrogens (tertiary/aromatic N) is 3. The molecule has 7 nitrogen and oxygen atoms in total. The van der Waals surface area contributed by atoms with Crippen LogP contribution in [0.25, 0.3) is 0 Å². The number of nitrogens with two attached hydrogens (primary N) is 1. The van der Waals surface area contributed by atoms with Crippen LogP contribution in [-0.2, 0) is 17.9 Å². The number of carbonyl (C=O) groups excluding carboxylic acids is 1. The van der Waals surface area contributed by atoms with Gasteiger partial charge in [0.2, 0.25) is 5.91 Å². The summed E-state index contributed by atoms with van der Waals surface area (Å²) in [6, 6.07) is 12.3. The highest BCUT2D eigenvalue weighted by Crippen LogP contribution is 2.24. The van der Waals surface area contributed by atoms with Gasteiger partial charge in [-0.3, -0.25) is 9.79 Å². The third kappa shape index (κ3) is 5.47. The van der Waals surface area contributed by atoms with Crippen molar-refractivity contribution < 1.29 is 4.79 Å². The molecule has 0 atom stereocenters. The normalized spacial score (nSPS) is 15.2. The van der Waals surface area contributed by atoms with Crippen LogP contribution < -0.4 is 21.3 Å². The van der Waals surface area contributed by atoms with Crippen molar-refractivity contribution in [2.75, 3.05) is 25.0 Å². The Morgan fingerprint density at radius 1 is 1.14 bits per heavy atom. The summed E-state index contributed by atoms with van der Waals surface area (Å²) in [5.41, 5.74) is 9.05. The summed E-state index contributed by atoms with van der Waals surface area (Å²) >= 11 is 0. The number of benzene rings is 1. The molecule has 4 N–H and O–H groups in total. The number of amides is 1. The minimum atomic E-state index is -0.198. The van der Waals surface area contributed by atoms with Crippen molar-refractivity contribution >= 4 is 17.7 Å². The van der Waals surface area contributed by atoms with Crippen molar-refractivity contribution in [2.45, 2.75) is 32.9 Å². The molecule has 1 aliphatic heterocycles. The van der Waals surface area contributed by atoms with Crippen LogP contribution in [0, 0.1) is 12.8 Å². The zero-order valence-corrected chi connectivity index (χ0v) is 17.2. The number of carbonyl (C=O) groups is 1. The molecule has 7 heteroatoms. The molecule has 154 valence electrons. The van der Waals surface area contributed by atoms with Gasteiger partial charge in [-0.05, 0) is 37.0 Å². The number of primary amides is 1. The Labute approximate surface area is 172 Å². The fourth-order valence-corrected chi connectivity index (χ4v) is 3.62. The molecule has 29 heavy (non-hydrogen) atoms. The monoisotopic (exact) mass is 394 g/mol. The summed E-state index contributed by atoms with van der Waals surface area (Å²) < 4.78 is 0. The van der Waals surface area contributed by atoms with Gasteiger partial charge < -0.3 is 21.3 Å². The lowest BCUT2D eigenvalue weighted by atomic mass is 9.96. The lowest BCUT2D eigenvalue weighted by Crippen LogP contribution is -2.40. The predicted octanol–water partition coefficient (Wildman–Crippen LogP) is 1.96. The number of aliphatic imine (C=N–C) groups is 1. The van der Waals surface area contributed by atoms with Gasteiger partial charge in [-0.2, -0.15) is 0 Å². The summed E-state index contributed by atoms with van der Waals surface area (Å²) in [6.07, 6.45) is 3.36. The second-order valence-corrected chi connectivity index (χ2v) is 7.36. The first kappa shape index (κ1) is 20.6. The van der Waals surface area contributed by atoms with Crippen LogP contribution in [0.2, 0.25) is 0 Å². The quantitative estimate of drug-likeness (QED) is 0.514. The maximum atomic E-state index is 11.4. The van der Waals surface area contributed by atoms with E-state index in [1.54, 1.807) is 7.05 Å². The third-order valence-corrected chi connectivity index (χ3v) is 5.44. The minimum Gasteiger partial charge on any atom is -0.369 e. The van der Waals surface area contributed by atoms with E-state index in [-0.39, 0.29) is 11.8 Å². The van der Waals surface area contributed by atoms with Gasteiger partial charge >= 0.3 is 0 Å². The Bertz CT molecular complexity index is 858. The average molecular weight is 395 g/mol. The van der Waals surface area contributed by atoms with E-state index in [1.807, 2.05) is 24.4 Å². The van der Waals surface area contributed by atoms with Gasteiger partial charge in [0.15, 0.2) is 5.96 Å². The molecular formula is C22H30N6O. The number of piperidine rings is 1. The van der Waals surface area contributed by atoms with Gasteiger partial charge in [-0.25, -0.2) is 4.98 Å². The van der Waals surface area contributed by atoms with Crippen LogP contribution >= 0.6 is 0 Å². The van der Waals surface area contributed by atoms with Gasteiger partial charge in [0.1, 0.15) is 5.82 Å². The fraction of sp³-hybridized carbons (Fsp3) is 0.409. The minimum absolute atomic E-state index is 0.0268. The molecule has 1 amide bonds. The number of hydrogen-bond acceptors (Lipinski definition) is 4. The maximum Gasteiger partial charge on any atom is 0.220 e. The van der Waals surface area contributed by atoms with Gasteiger partial charge in [0, 0.05) is 50.9 Å². The number of guanidine groups is 1. The largest absolute Gasteiger partial charge is 0.369 e. The molecular weight excluding hydrogens is 364 g/mol. The summed E-state index contributed by atoms with van der Waals surface area (Å²) in [5.74, 6) is 1.48. The smallest absolute Gasteiger partial charge is 0.220 e. The summed E-state index contributed by atoms with van der Waals surface area (Å²) in [5, 5.41) is 6.75. The lowest BCUT2D eigenvalue weighted by Gasteiger charge is -2.32. The number of anilines is 1. The van der Waals surface area contributed by atoms with Crippen LogP contribution in [0.15, 0.2) is 47.6 Å². The van der Waals surface area contributed by atoms with Crippen LogP contribution in [0.1, 0.15) is 29.5 Å². The molecule has 3 rings (SSSR count). The second-order valence-electron chi connectivity index (χ2n) is 7.36. The topological polar surface area (TPSA) is 95.6 Å². The Morgan fingerprint density at radius 3 is 2.45 bits per heavy atom. The molecule has 1 aliphatic rings. The first-order chi connectivity index (χ1) is 14.1. The molecule has 1 aromatic carbocycles. The average Bonchev–Trinajstić information content (AvgIpc) is 2.75. The van der Waals surface area contributed by atoms with Crippen molar-refractivity contribution in [3.8, 4) is 0 Å². The van der Waals surface area contributed by atoms with Crippen molar-refractivity contribution in [3.05, 3.63) is 59.3 Å². The van der Waals surface area contributed by atoms with Crippen LogP contribution in [0.4, 0.5) is 5.82 Å². The van der Waals surface area contributed by atoms with Crippen molar-refractivity contribution in [2.24, 2.45) is 16.6 Å². The molecule has 1 aromatic heterocycles. The van der Waals surface area contributed by atoms with Gasteiger partial charge in [-0.1, -0.05) is 30.3 Å². The first-order valence-corrected chi connectivity index (χ1v) is 10.1. The molecule has 0 aliphatic carbocycles. The van der Waals surface area contributed by atoms with E-state index in [1.165, 1.54) is 11.1 Å². The van der Waals surface area contributed by atoms with E-state index in [2.05, 4.69) is 50.6 Å². The highest BCUT2D eigenvalue weighted by molar-refractivity contribution is 5.80. The Balaban J connectivity index is 1.59. The molecule has 0 unspecified atom stereocenters. The van der Waals surface area contributed by atoms with E-state index < -0.39 is 0 Å². The van der Waals surface area contributed by atoms with Crippen molar-refractivity contribution in [1.29, 1.82) is 0 Å². The van der Waals surface area contributed by atoms with Crippen molar-refractivity contribution in [1.82, 2.24) is 15.6 Å². The fourth-order valence-electron chi connectivity index (χ4n) is 3.62. The number of aromatic nitrogens is 1. The summed E-state index contributed by atoms with van der Waals surface area (Å²) in [6.45, 7) is 5.02. The number of hydrogen-bond donors (Lipinski definition) is 3. The van der Waals surface area contributed by atoms with Crippen molar-refractivity contribution in [3.63, 3.8) is 0 Å². The van der Waals surface area contributed by atoms with E-state index in [0.29, 0.717) is 13.1 Å². The Kier molecular flexibility index (Phi) is 7.05. The number of nitrogens with one attached hydrogen (secondary N) is 2. The summed E-state index contributed by atoms with van der Waals surface area (Å²) in [7, 11) is 1.77. The Hall–Kier alpha value is -3.09. The van der Waals surface area contributed by atoms with Crippen LogP contribution in [0.3, 0.4) is 0 Å². The molecule has 2 aromatic rings. The SMILES string of the molecule is CN=C(NCc1ccccc1C)NCc1cccnc1N1CCC(C(N)=O)CC1. The van der Waals surface area contributed by atoms with E-state index in [4.69, 9.17) is 5.73 Å². The van der Waals surface area contributed by atoms with E-state index >= 15 is 0 Å². The highest BCUT2D eigenvalue weighted by Gasteiger charge is 2.24. The molecule has 1 saturated heterocycles. The van der Waals surface area contributed by atoms with Crippen LogP contribution in [-0.4, -0.2) is 37.0 Å². The third-order valence-electron chi connectivity index (χ3n) is 5.44. The van der Waals surface area contributed by atoms with Gasteiger partial charge in [-0.15, -0.1) is 0 Å². The molecule has 0 spiro atoms. The van der Waals surface area contributed by atoms with Gasteiger partial charge in [0.25, 0.3) is 0 Å². The first-order valence-electron chi connectivity index (χ1n) is 10.1. The molecule has 0 saturated carbocycles. The van der Waals surface area contributed by atoms with Crippen LogP contribution in [0.5, 0.6) is 0 Å². The zero-order valence-electron chi connectivity index (χ0n) is 17.2. The molecule has 0 radical (unpaired) electrons.